The molecular weight excluding hydrogens is 244 g/mol. The van der Waals surface area contributed by atoms with E-state index in [0.29, 0.717) is 10.6 Å². The molecule has 0 fully saturated rings. The van der Waals surface area contributed by atoms with Crippen molar-refractivity contribution in [1.29, 1.82) is 5.26 Å². The third-order valence-corrected chi connectivity index (χ3v) is 3.84. The van der Waals surface area contributed by atoms with Crippen molar-refractivity contribution in [3.05, 3.63) is 41.5 Å². The van der Waals surface area contributed by atoms with Gasteiger partial charge in [-0.3, -0.25) is 4.79 Å². The molecule has 0 aliphatic carbocycles. The van der Waals surface area contributed by atoms with E-state index in [9.17, 15) is 10.1 Å². The monoisotopic (exact) mass is 256 g/mol. The molecule has 0 atom stereocenters. The maximum absolute atomic E-state index is 11.1. The summed E-state index contributed by atoms with van der Waals surface area (Å²) in [5.41, 5.74) is 2.53. The van der Waals surface area contributed by atoms with E-state index < -0.39 is 0 Å². The van der Waals surface area contributed by atoms with Crippen molar-refractivity contribution in [3.8, 4) is 16.5 Å². The Kier molecular flexibility index (Phi) is 3.45. The van der Waals surface area contributed by atoms with Crippen LogP contribution < -0.4 is 5.32 Å². The first-order valence-corrected chi connectivity index (χ1v) is 6.31. The Morgan fingerprint density at radius 1 is 1.33 bits per heavy atom. The summed E-state index contributed by atoms with van der Waals surface area (Å²) in [4.78, 5) is 12.1. The fourth-order valence-corrected chi connectivity index (χ4v) is 2.97. The highest BCUT2D eigenvalue weighted by atomic mass is 32.1. The second kappa shape index (κ2) is 5.03. The molecule has 0 saturated carbocycles. The number of hydrogen-bond donors (Lipinski definition) is 1. The third-order valence-electron chi connectivity index (χ3n) is 2.58. The number of nitrogens with one attached hydrogen (secondary N) is 1. The van der Waals surface area contributed by atoms with E-state index in [0.717, 1.165) is 16.0 Å². The molecule has 2 rings (SSSR count). The number of carbonyl (C=O) groups excluding carboxylic acids is 1. The molecule has 1 heterocycles. The SMILES string of the molecule is CC(=O)Nc1sc(-c2ccccc2)c(C)c1C#N. The largest absolute Gasteiger partial charge is 0.317 e. The predicted octanol–water partition coefficient (Wildman–Crippen LogP) is 3.55. The van der Waals surface area contributed by atoms with Gasteiger partial charge in [0.25, 0.3) is 0 Å². The van der Waals surface area contributed by atoms with Crippen LogP contribution in [0.4, 0.5) is 5.00 Å². The Morgan fingerprint density at radius 3 is 2.56 bits per heavy atom. The van der Waals surface area contributed by atoms with Gasteiger partial charge in [-0.2, -0.15) is 5.26 Å². The fourth-order valence-electron chi connectivity index (χ4n) is 1.76. The van der Waals surface area contributed by atoms with Crippen LogP contribution in [0.15, 0.2) is 30.3 Å². The van der Waals surface area contributed by atoms with Gasteiger partial charge in [0.2, 0.25) is 5.91 Å². The Labute approximate surface area is 110 Å². The van der Waals surface area contributed by atoms with E-state index in [1.54, 1.807) is 0 Å². The maximum Gasteiger partial charge on any atom is 0.221 e. The highest BCUT2D eigenvalue weighted by Crippen LogP contribution is 2.39. The van der Waals surface area contributed by atoms with Gasteiger partial charge in [0.05, 0.1) is 5.56 Å². The number of carbonyl (C=O) groups is 1. The number of hydrogen-bond acceptors (Lipinski definition) is 3. The standard InChI is InChI=1S/C14H12N2OS/c1-9-12(8-15)14(16-10(2)17)18-13(9)11-6-4-3-5-7-11/h3-7H,1-2H3,(H,16,17). The van der Waals surface area contributed by atoms with E-state index in [1.807, 2.05) is 37.3 Å². The zero-order chi connectivity index (χ0) is 13.1. The summed E-state index contributed by atoms with van der Waals surface area (Å²) in [6.45, 7) is 3.35. The highest BCUT2D eigenvalue weighted by molar-refractivity contribution is 7.20. The molecule has 4 heteroatoms. The topological polar surface area (TPSA) is 52.9 Å². The lowest BCUT2D eigenvalue weighted by Crippen LogP contribution is -2.05. The minimum Gasteiger partial charge on any atom is -0.317 e. The fraction of sp³-hybridized carbons (Fsp3) is 0.143. The number of amides is 1. The quantitative estimate of drug-likeness (QED) is 0.893. The maximum atomic E-state index is 11.1. The van der Waals surface area contributed by atoms with Gasteiger partial charge in [-0.25, -0.2) is 0 Å². The Bertz CT molecular complexity index is 623. The lowest BCUT2D eigenvalue weighted by atomic mass is 10.1. The Morgan fingerprint density at radius 2 is 2.00 bits per heavy atom. The molecule has 3 nitrogen and oxygen atoms in total. The van der Waals surface area contributed by atoms with Gasteiger partial charge in [0, 0.05) is 11.8 Å². The second-order valence-electron chi connectivity index (χ2n) is 3.92. The zero-order valence-electron chi connectivity index (χ0n) is 10.2. The molecule has 0 aliphatic heterocycles. The molecule has 1 aromatic carbocycles. The molecule has 0 saturated heterocycles. The number of nitrogens with zero attached hydrogens (tertiary/aromatic N) is 1. The molecule has 18 heavy (non-hydrogen) atoms. The van der Waals surface area contributed by atoms with Gasteiger partial charge in [0.1, 0.15) is 11.1 Å². The van der Waals surface area contributed by atoms with Crippen LogP contribution >= 0.6 is 11.3 Å². The minimum absolute atomic E-state index is 0.160. The first-order valence-electron chi connectivity index (χ1n) is 5.50. The molecular formula is C14H12N2OS. The van der Waals surface area contributed by atoms with Crippen LogP contribution in [0, 0.1) is 18.3 Å². The molecule has 0 radical (unpaired) electrons. The van der Waals surface area contributed by atoms with Crippen LogP contribution in [0.2, 0.25) is 0 Å². The molecule has 1 N–H and O–H groups in total. The Hall–Kier alpha value is -2.12. The van der Waals surface area contributed by atoms with Crippen LogP contribution in [0.3, 0.4) is 0 Å². The van der Waals surface area contributed by atoms with Crippen LogP contribution in [0.1, 0.15) is 18.1 Å². The number of thiophene rings is 1. The van der Waals surface area contributed by atoms with Crippen molar-refractivity contribution < 1.29 is 4.79 Å². The molecule has 2 aromatic rings. The lowest BCUT2D eigenvalue weighted by molar-refractivity contribution is -0.114. The zero-order valence-corrected chi connectivity index (χ0v) is 11.0. The summed E-state index contributed by atoms with van der Waals surface area (Å²) in [5.74, 6) is -0.160. The van der Waals surface area contributed by atoms with E-state index in [2.05, 4.69) is 11.4 Å². The van der Waals surface area contributed by atoms with Crippen molar-refractivity contribution in [2.75, 3.05) is 5.32 Å². The smallest absolute Gasteiger partial charge is 0.221 e. The first kappa shape index (κ1) is 12.3. The molecule has 1 amide bonds. The Balaban J connectivity index is 2.54. The normalized spacial score (nSPS) is 9.83. The van der Waals surface area contributed by atoms with Crippen LogP contribution in [0.5, 0.6) is 0 Å². The summed E-state index contributed by atoms with van der Waals surface area (Å²) in [6.07, 6.45) is 0. The van der Waals surface area contributed by atoms with Gasteiger partial charge in [-0.05, 0) is 18.1 Å². The van der Waals surface area contributed by atoms with E-state index >= 15 is 0 Å². The minimum atomic E-state index is -0.160. The summed E-state index contributed by atoms with van der Waals surface area (Å²) in [7, 11) is 0. The van der Waals surface area contributed by atoms with E-state index in [-0.39, 0.29) is 5.91 Å². The lowest BCUT2D eigenvalue weighted by Gasteiger charge is -1.98. The van der Waals surface area contributed by atoms with Crippen LogP contribution in [0.25, 0.3) is 10.4 Å². The molecule has 1 aromatic heterocycles. The predicted molar refractivity (Wildman–Crippen MR) is 73.5 cm³/mol. The summed E-state index contributed by atoms with van der Waals surface area (Å²) in [6, 6.07) is 12.0. The molecule has 90 valence electrons. The average Bonchev–Trinajstić information content (AvgIpc) is 2.66. The van der Waals surface area contributed by atoms with Crippen molar-refractivity contribution >= 4 is 22.2 Å². The van der Waals surface area contributed by atoms with Gasteiger partial charge < -0.3 is 5.32 Å². The van der Waals surface area contributed by atoms with Crippen molar-refractivity contribution in [1.82, 2.24) is 0 Å². The first-order chi connectivity index (χ1) is 8.63. The van der Waals surface area contributed by atoms with Crippen LogP contribution in [-0.2, 0) is 4.79 Å². The van der Waals surface area contributed by atoms with E-state index in [4.69, 9.17) is 0 Å². The van der Waals surface area contributed by atoms with Gasteiger partial charge >= 0.3 is 0 Å². The molecule has 0 spiro atoms. The number of rotatable bonds is 2. The third kappa shape index (κ3) is 2.27. The van der Waals surface area contributed by atoms with E-state index in [1.165, 1.54) is 18.3 Å². The molecule has 0 aliphatic rings. The van der Waals surface area contributed by atoms with Gasteiger partial charge in [-0.1, -0.05) is 30.3 Å². The number of benzene rings is 1. The highest BCUT2D eigenvalue weighted by Gasteiger charge is 2.16. The van der Waals surface area contributed by atoms with Gasteiger partial charge in [-0.15, -0.1) is 11.3 Å². The number of nitriles is 1. The second-order valence-corrected chi connectivity index (χ2v) is 4.94. The summed E-state index contributed by atoms with van der Waals surface area (Å²) < 4.78 is 0. The average molecular weight is 256 g/mol. The molecule has 0 unspecified atom stereocenters. The summed E-state index contributed by atoms with van der Waals surface area (Å²) in [5, 5.41) is 12.5. The number of anilines is 1. The summed E-state index contributed by atoms with van der Waals surface area (Å²) >= 11 is 1.44. The van der Waals surface area contributed by atoms with Gasteiger partial charge in [0.15, 0.2) is 0 Å². The molecule has 0 bridgehead atoms. The van der Waals surface area contributed by atoms with Crippen molar-refractivity contribution in [2.45, 2.75) is 13.8 Å². The van der Waals surface area contributed by atoms with Crippen molar-refractivity contribution in [3.63, 3.8) is 0 Å². The van der Waals surface area contributed by atoms with Crippen LogP contribution in [-0.4, -0.2) is 5.91 Å². The van der Waals surface area contributed by atoms with Crippen molar-refractivity contribution in [2.24, 2.45) is 0 Å².